The van der Waals surface area contributed by atoms with Crippen molar-refractivity contribution in [2.24, 2.45) is 10.8 Å². The number of hydrogen-bond donors (Lipinski definition) is 3. The lowest BCUT2D eigenvalue weighted by Gasteiger charge is -2.30. The summed E-state index contributed by atoms with van der Waals surface area (Å²) in [6.07, 6.45) is 37.3. The molecule has 0 saturated heterocycles. The lowest BCUT2D eigenvalue weighted by Crippen LogP contribution is -2.31. The highest BCUT2D eigenvalue weighted by Crippen LogP contribution is 2.39. The van der Waals surface area contributed by atoms with Crippen molar-refractivity contribution >= 4 is 17.6 Å². The standard InChI is InChI=1S/C51H94N2O4/c1-5-9-13-17-19-27-39-50(48(54)55,37-25-15-11-7-3)41-29-21-23-31-43-53(45-46-33-35-47(52)36-34-46)44-32-24-22-30-42-51(49(56)57,38-26-16-12-8-4)40-28-20-18-14-10-6-2/h33-36H,5-32,37-45,52H2,1-4H3,(H,54,55)(H,56,57). The number of rotatable bonds is 42. The number of anilines is 1. The van der Waals surface area contributed by atoms with Crippen LogP contribution in [0.15, 0.2) is 24.3 Å². The van der Waals surface area contributed by atoms with E-state index in [1.54, 1.807) is 0 Å². The first kappa shape index (κ1) is 52.9. The van der Waals surface area contributed by atoms with E-state index >= 15 is 0 Å². The normalized spacial score (nSPS) is 13.8. The number of carboxylic acid groups (broad SMARTS) is 2. The van der Waals surface area contributed by atoms with Crippen LogP contribution in [0.1, 0.15) is 252 Å². The van der Waals surface area contributed by atoms with Gasteiger partial charge in [0, 0.05) is 12.2 Å². The summed E-state index contributed by atoms with van der Waals surface area (Å²) in [5, 5.41) is 21.1. The lowest BCUT2D eigenvalue weighted by molar-refractivity contribution is -0.151. The van der Waals surface area contributed by atoms with Gasteiger partial charge in [0.2, 0.25) is 0 Å². The molecule has 0 amide bonds. The van der Waals surface area contributed by atoms with E-state index in [0.29, 0.717) is 0 Å². The van der Waals surface area contributed by atoms with Gasteiger partial charge in [-0.3, -0.25) is 14.5 Å². The lowest BCUT2D eigenvalue weighted by atomic mass is 9.74. The predicted molar refractivity (Wildman–Crippen MR) is 246 cm³/mol. The second-order valence-electron chi connectivity index (χ2n) is 18.2. The molecular formula is C51H94N2O4. The van der Waals surface area contributed by atoms with Crippen LogP contribution in [0, 0.1) is 10.8 Å². The summed E-state index contributed by atoms with van der Waals surface area (Å²) in [7, 11) is 0. The zero-order valence-corrected chi connectivity index (χ0v) is 38.2. The number of nitrogen functional groups attached to an aromatic ring is 1. The molecule has 0 saturated carbocycles. The smallest absolute Gasteiger partial charge is 0.309 e. The van der Waals surface area contributed by atoms with Gasteiger partial charge in [-0.2, -0.15) is 0 Å². The molecule has 0 fully saturated rings. The number of aliphatic carboxylic acids is 2. The van der Waals surface area contributed by atoms with Crippen LogP contribution in [0.5, 0.6) is 0 Å². The molecule has 1 aromatic carbocycles. The van der Waals surface area contributed by atoms with Crippen LogP contribution in [0.25, 0.3) is 0 Å². The molecule has 0 aliphatic heterocycles. The summed E-state index contributed by atoms with van der Waals surface area (Å²) in [5.41, 5.74) is 6.99. The van der Waals surface area contributed by atoms with Crippen molar-refractivity contribution in [3.8, 4) is 0 Å². The van der Waals surface area contributed by atoms with Gasteiger partial charge in [0.25, 0.3) is 0 Å². The summed E-state index contributed by atoms with van der Waals surface area (Å²) in [4.78, 5) is 28.2. The van der Waals surface area contributed by atoms with Gasteiger partial charge in [-0.05, 0) is 82.2 Å². The molecule has 2 atom stereocenters. The fourth-order valence-corrected chi connectivity index (χ4v) is 9.12. The first-order valence-electron chi connectivity index (χ1n) is 24.7. The molecule has 0 aromatic heterocycles. The zero-order valence-electron chi connectivity index (χ0n) is 38.2. The van der Waals surface area contributed by atoms with Crippen LogP contribution in [-0.4, -0.2) is 40.1 Å². The van der Waals surface area contributed by atoms with E-state index in [9.17, 15) is 19.8 Å². The summed E-state index contributed by atoms with van der Waals surface area (Å²) < 4.78 is 0. The maximum atomic E-state index is 12.8. The molecule has 6 heteroatoms. The fourth-order valence-electron chi connectivity index (χ4n) is 9.12. The molecule has 0 radical (unpaired) electrons. The van der Waals surface area contributed by atoms with Crippen LogP contribution in [0.2, 0.25) is 0 Å². The third kappa shape index (κ3) is 25.2. The molecule has 0 aliphatic carbocycles. The first-order chi connectivity index (χ1) is 27.7. The van der Waals surface area contributed by atoms with Crippen molar-refractivity contribution in [2.45, 2.75) is 253 Å². The Hall–Kier alpha value is -2.08. The van der Waals surface area contributed by atoms with E-state index < -0.39 is 22.8 Å². The van der Waals surface area contributed by atoms with E-state index in [1.165, 1.54) is 82.6 Å². The van der Waals surface area contributed by atoms with Crippen molar-refractivity contribution < 1.29 is 19.8 Å². The Bertz CT molecular complexity index is 1030. The molecule has 0 spiro atoms. The largest absolute Gasteiger partial charge is 0.481 e. The average Bonchev–Trinajstić information content (AvgIpc) is 3.20. The van der Waals surface area contributed by atoms with Crippen molar-refractivity contribution in [1.82, 2.24) is 4.90 Å². The van der Waals surface area contributed by atoms with E-state index in [1.807, 2.05) is 12.1 Å². The van der Waals surface area contributed by atoms with Crippen molar-refractivity contribution in [3.63, 3.8) is 0 Å². The van der Waals surface area contributed by atoms with Crippen LogP contribution in [0.4, 0.5) is 5.69 Å². The SMILES string of the molecule is CCCCCCCCC(CCCCCC)(CCCCCCN(CCCCCCC(CCCCCC)(CCCCCCCC)C(=O)O)Cc1ccc(N)cc1)C(=O)O. The molecule has 1 aromatic rings. The second-order valence-corrected chi connectivity index (χ2v) is 18.2. The highest BCUT2D eigenvalue weighted by Gasteiger charge is 2.37. The van der Waals surface area contributed by atoms with Gasteiger partial charge in [0.15, 0.2) is 0 Å². The maximum Gasteiger partial charge on any atom is 0.309 e. The van der Waals surface area contributed by atoms with Crippen LogP contribution < -0.4 is 5.73 Å². The summed E-state index contributed by atoms with van der Waals surface area (Å²) >= 11 is 0. The molecule has 1 rings (SSSR count). The van der Waals surface area contributed by atoms with Crippen molar-refractivity contribution in [3.05, 3.63) is 29.8 Å². The number of unbranched alkanes of at least 4 members (excludes halogenated alkanes) is 22. The van der Waals surface area contributed by atoms with E-state index in [2.05, 4.69) is 44.7 Å². The topological polar surface area (TPSA) is 104 Å². The maximum absolute atomic E-state index is 12.8. The van der Waals surface area contributed by atoms with Crippen molar-refractivity contribution in [2.75, 3.05) is 18.8 Å². The van der Waals surface area contributed by atoms with E-state index in [4.69, 9.17) is 5.73 Å². The minimum atomic E-state index is -0.555. The third-order valence-electron chi connectivity index (χ3n) is 13.1. The molecule has 4 N–H and O–H groups in total. The first-order valence-corrected chi connectivity index (χ1v) is 24.7. The minimum absolute atomic E-state index is 0.548. The predicted octanol–water partition coefficient (Wildman–Crippen LogP) is 15.6. The van der Waals surface area contributed by atoms with Crippen LogP contribution in [0.3, 0.4) is 0 Å². The van der Waals surface area contributed by atoms with E-state index in [0.717, 1.165) is 167 Å². The summed E-state index contributed by atoms with van der Waals surface area (Å²) in [6, 6.07) is 8.29. The molecule has 0 heterocycles. The molecule has 6 nitrogen and oxygen atoms in total. The van der Waals surface area contributed by atoms with Crippen molar-refractivity contribution in [1.29, 1.82) is 0 Å². The van der Waals surface area contributed by atoms with Crippen LogP contribution in [-0.2, 0) is 16.1 Å². The number of hydrogen-bond acceptors (Lipinski definition) is 4. The number of nitrogens with two attached hydrogens (primary N) is 1. The number of benzene rings is 1. The fraction of sp³-hybridized carbons (Fsp3) is 0.843. The Kier molecular flexibility index (Phi) is 32.3. The molecule has 57 heavy (non-hydrogen) atoms. The zero-order chi connectivity index (χ0) is 41.9. The van der Waals surface area contributed by atoms with Gasteiger partial charge >= 0.3 is 11.9 Å². The Morgan fingerprint density at radius 2 is 0.702 bits per heavy atom. The molecule has 0 aliphatic rings. The molecule has 332 valence electrons. The Morgan fingerprint density at radius 1 is 0.439 bits per heavy atom. The summed E-state index contributed by atoms with van der Waals surface area (Å²) in [5.74, 6) is -1.11. The van der Waals surface area contributed by atoms with Gasteiger partial charge < -0.3 is 15.9 Å². The Morgan fingerprint density at radius 3 is 1.00 bits per heavy atom. The quantitative estimate of drug-likeness (QED) is 0.0449. The minimum Gasteiger partial charge on any atom is -0.481 e. The van der Waals surface area contributed by atoms with Gasteiger partial charge in [-0.1, -0.05) is 207 Å². The third-order valence-corrected chi connectivity index (χ3v) is 13.1. The van der Waals surface area contributed by atoms with Crippen LogP contribution >= 0.6 is 0 Å². The van der Waals surface area contributed by atoms with Gasteiger partial charge in [0.05, 0.1) is 10.8 Å². The van der Waals surface area contributed by atoms with E-state index in [-0.39, 0.29) is 0 Å². The monoisotopic (exact) mass is 799 g/mol. The average molecular weight is 799 g/mol. The molecular weight excluding hydrogens is 705 g/mol. The summed E-state index contributed by atoms with van der Waals surface area (Å²) in [6.45, 7) is 11.9. The number of carbonyl (C=O) groups is 2. The highest BCUT2D eigenvalue weighted by molar-refractivity contribution is 5.75. The number of nitrogens with zero attached hydrogens (tertiary/aromatic N) is 1. The van der Waals surface area contributed by atoms with Gasteiger partial charge in [-0.15, -0.1) is 0 Å². The Labute approximate surface area is 353 Å². The molecule has 0 bridgehead atoms. The Balaban J connectivity index is 2.72. The number of carboxylic acids is 2. The van der Waals surface area contributed by atoms with Gasteiger partial charge in [0.1, 0.15) is 0 Å². The molecule has 2 unspecified atom stereocenters. The second kappa shape index (κ2) is 34.8. The van der Waals surface area contributed by atoms with Gasteiger partial charge in [-0.25, -0.2) is 0 Å². The highest BCUT2D eigenvalue weighted by atomic mass is 16.4.